The molecule has 7 nitrogen and oxygen atoms in total. The van der Waals surface area contributed by atoms with Crippen LogP contribution >= 0.6 is 11.3 Å². The van der Waals surface area contributed by atoms with Crippen LogP contribution in [0.2, 0.25) is 0 Å². The molecule has 2 aromatic carbocycles. The van der Waals surface area contributed by atoms with E-state index in [1.165, 1.54) is 18.2 Å². The normalized spacial score (nSPS) is 12.2. The molecule has 0 saturated carbocycles. The highest BCUT2D eigenvalue weighted by molar-refractivity contribution is 7.22. The van der Waals surface area contributed by atoms with Crippen LogP contribution in [-0.2, 0) is 9.53 Å². The van der Waals surface area contributed by atoms with Crippen LogP contribution in [-0.4, -0.2) is 30.3 Å². The molecule has 2 heterocycles. The Kier molecular flexibility index (Phi) is 4.51. The van der Waals surface area contributed by atoms with Gasteiger partial charge in [-0.1, -0.05) is 11.3 Å². The monoisotopic (exact) mass is 410 g/mol. The van der Waals surface area contributed by atoms with Crippen LogP contribution in [0.15, 0.2) is 24.3 Å². The Morgan fingerprint density at radius 3 is 2.75 bits per heavy atom. The van der Waals surface area contributed by atoms with Gasteiger partial charge in [-0.25, -0.2) is 22.9 Å². The van der Waals surface area contributed by atoms with Crippen molar-refractivity contribution >= 4 is 38.6 Å². The van der Waals surface area contributed by atoms with Gasteiger partial charge in [0.2, 0.25) is 6.79 Å². The Hall–Kier alpha value is -3.34. The molecule has 0 unspecified atom stereocenters. The first-order chi connectivity index (χ1) is 13.4. The topological polar surface area (TPSA) is 86.8 Å². The van der Waals surface area contributed by atoms with Crippen LogP contribution in [0.5, 0.6) is 11.5 Å². The van der Waals surface area contributed by atoms with Gasteiger partial charge < -0.3 is 14.2 Å². The second-order valence-electron chi connectivity index (χ2n) is 5.54. The van der Waals surface area contributed by atoms with Crippen molar-refractivity contribution in [1.82, 2.24) is 4.98 Å². The minimum absolute atomic E-state index is 0.0176. The van der Waals surface area contributed by atoms with Crippen molar-refractivity contribution in [3.63, 3.8) is 0 Å². The third kappa shape index (κ3) is 3.31. The van der Waals surface area contributed by atoms with E-state index in [4.69, 9.17) is 14.2 Å². The zero-order valence-corrected chi connectivity index (χ0v) is 14.6. The van der Waals surface area contributed by atoms with E-state index in [0.29, 0.717) is 11.5 Å². The molecule has 1 aliphatic rings. The third-order valence-corrected chi connectivity index (χ3v) is 4.63. The van der Waals surface area contributed by atoms with Gasteiger partial charge >= 0.3 is 5.97 Å². The van der Waals surface area contributed by atoms with Crippen molar-refractivity contribution in [2.45, 2.75) is 0 Å². The number of aromatic nitrogens is 1. The molecule has 3 aromatic rings. The van der Waals surface area contributed by atoms with E-state index >= 15 is 0 Å². The van der Waals surface area contributed by atoms with Gasteiger partial charge in [0.25, 0.3) is 5.91 Å². The number of hydrogen-bond donors (Lipinski definition) is 1. The smallest absolute Gasteiger partial charge is 0.338 e. The average molecular weight is 410 g/mol. The summed E-state index contributed by atoms with van der Waals surface area (Å²) in [5, 5.41) is 2.19. The Labute approximate surface area is 158 Å². The van der Waals surface area contributed by atoms with Crippen molar-refractivity contribution in [3.05, 3.63) is 47.3 Å². The average Bonchev–Trinajstić information content (AvgIpc) is 3.30. The maximum atomic E-state index is 13.7. The Morgan fingerprint density at radius 2 is 1.93 bits per heavy atom. The molecule has 0 spiro atoms. The lowest BCUT2D eigenvalue weighted by molar-refractivity contribution is -0.119. The zero-order valence-electron chi connectivity index (χ0n) is 13.8. The Balaban J connectivity index is 1.40. The first-order valence-corrected chi connectivity index (χ1v) is 8.54. The predicted molar refractivity (Wildman–Crippen MR) is 91.0 cm³/mol. The first-order valence-electron chi connectivity index (χ1n) is 7.73. The van der Waals surface area contributed by atoms with Gasteiger partial charge in [0.05, 0.1) is 10.3 Å². The summed E-state index contributed by atoms with van der Waals surface area (Å²) < 4.78 is 55.3. The highest BCUT2D eigenvalue weighted by Crippen LogP contribution is 2.33. The van der Waals surface area contributed by atoms with Crippen LogP contribution in [0.1, 0.15) is 10.4 Å². The van der Waals surface area contributed by atoms with E-state index in [2.05, 4.69) is 10.3 Å². The van der Waals surface area contributed by atoms with E-state index in [9.17, 15) is 22.8 Å². The highest BCUT2D eigenvalue weighted by atomic mass is 32.1. The number of thiazole rings is 1. The Morgan fingerprint density at radius 1 is 1.14 bits per heavy atom. The SMILES string of the molecule is O=C(COC(=O)c1ccc2c(c1)OCO2)Nc1nc2c(F)c(F)c(F)cc2s1. The van der Waals surface area contributed by atoms with Gasteiger partial charge in [0, 0.05) is 0 Å². The van der Waals surface area contributed by atoms with Crippen molar-refractivity contribution in [2.24, 2.45) is 0 Å². The number of nitrogens with one attached hydrogen (secondary N) is 1. The van der Waals surface area contributed by atoms with Crippen molar-refractivity contribution in [1.29, 1.82) is 0 Å². The van der Waals surface area contributed by atoms with Gasteiger partial charge in [-0.15, -0.1) is 0 Å². The highest BCUT2D eigenvalue weighted by Gasteiger charge is 2.20. The second-order valence-corrected chi connectivity index (χ2v) is 6.58. The summed E-state index contributed by atoms with van der Waals surface area (Å²) in [5.41, 5.74) is -0.249. The van der Waals surface area contributed by atoms with Gasteiger partial charge in [0.15, 0.2) is 40.7 Å². The standard InChI is InChI=1S/C17H9F3N2O5S/c18-8-4-11-15(14(20)13(8)19)22-17(28-11)21-12(23)5-25-16(24)7-1-2-9-10(3-7)27-6-26-9/h1-4H,5-6H2,(H,21,22,23). The van der Waals surface area contributed by atoms with E-state index in [-0.39, 0.29) is 22.2 Å². The zero-order chi connectivity index (χ0) is 19.8. The molecule has 144 valence electrons. The number of carbonyl (C=O) groups is 2. The van der Waals surface area contributed by atoms with Gasteiger partial charge in [-0.2, -0.15) is 0 Å². The summed E-state index contributed by atoms with van der Waals surface area (Å²) in [6.45, 7) is -0.596. The predicted octanol–water partition coefficient (Wildman–Crippen LogP) is 3.24. The fourth-order valence-electron chi connectivity index (χ4n) is 2.42. The number of hydrogen-bond acceptors (Lipinski definition) is 7. The van der Waals surface area contributed by atoms with Crippen LogP contribution in [0.25, 0.3) is 10.2 Å². The van der Waals surface area contributed by atoms with E-state index < -0.39 is 41.5 Å². The summed E-state index contributed by atoms with van der Waals surface area (Å²) in [7, 11) is 0. The Bertz CT molecular complexity index is 1120. The number of rotatable bonds is 4. The lowest BCUT2D eigenvalue weighted by Gasteiger charge is -2.05. The van der Waals surface area contributed by atoms with Gasteiger partial charge in [0.1, 0.15) is 5.52 Å². The fourth-order valence-corrected chi connectivity index (χ4v) is 3.33. The first kappa shape index (κ1) is 18.0. The molecule has 1 amide bonds. The molecule has 0 saturated heterocycles. The minimum atomic E-state index is -1.65. The third-order valence-electron chi connectivity index (χ3n) is 3.71. The number of halogens is 3. The van der Waals surface area contributed by atoms with Crippen LogP contribution in [0.3, 0.4) is 0 Å². The summed E-state index contributed by atoms with van der Waals surface area (Å²) in [6.07, 6.45) is 0. The van der Waals surface area contributed by atoms with Crippen molar-refractivity contribution < 1.29 is 37.0 Å². The molecule has 1 aromatic heterocycles. The van der Waals surface area contributed by atoms with Crippen LogP contribution in [0, 0.1) is 17.5 Å². The van der Waals surface area contributed by atoms with Crippen LogP contribution < -0.4 is 14.8 Å². The molecular weight excluding hydrogens is 401 g/mol. The number of esters is 1. The number of anilines is 1. The molecule has 0 atom stereocenters. The molecule has 1 aliphatic heterocycles. The van der Waals surface area contributed by atoms with Gasteiger partial charge in [-0.05, 0) is 24.3 Å². The molecule has 11 heteroatoms. The maximum absolute atomic E-state index is 13.7. The largest absolute Gasteiger partial charge is 0.454 e. The minimum Gasteiger partial charge on any atom is -0.454 e. The number of fused-ring (bicyclic) bond motifs is 2. The van der Waals surface area contributed by atoms with E-state index in [1.807, 2.05) is 0 Å². The molecule has 1 N–H and O–H groups in total. The second kappa shape index (κ2) is 7.00. The van der Waals surface area contributed by atoms with Gasteiger partial charge in [-0.3, -0.25) is 10.1 Å². The van der Waals surface area contributed by atoms with E-state index in [1.54, 1.807) is 0 Å². The summed E-state index contributed by atoms with van der Waals surface area (Å²) in [6, 6.07) is 5.18. The quantitative estimate of drug-likeness (QED) is 0.525. The molecule has 28 heavy (non-hydrogen) atoms. The number of amides is 1. The number of benzene rings is 2. The van der Waals surface area contributed by atoms with Crippen molar-refractivity contribution in [2.75, 3.05) is 18.7 Å². The molecule has 0 fully saturated rings. The number of nitrogens with zero attached hydrogens (tertiary/aromatic N) is 1. The van der Waals surface area contributed by atoms with Crippen LogP contribution in [0.4, 0.5) is 18.3 Å². The lowest BCUT2D eigenvalue weighted by Crippen LogP contribution is -2.20. The number of ether oxygens (including phenoxy) is 3. The molecule has 0 bridgehead atoms. The summed E-state index contributed by atoms with van der Waals surface area (Å²) in [5.74, 6) is -5.10. The maximum Gasteiger partial charge on any atom is 0.338 e. The lowest BCUT2D eigenvalue weighted by atomic mass is 10.2. The summed E-state index contributed by atoms with van der Waals surface area (Å²) >= 11 is 0.746. The fraction of sp³-hybridized carbons (Fsp3) is 0.118. The molecule has 0 aliphatic carbocycles. The summed E-state index contributed by atoms with van der Waals surface area (Å²) in [4.78, 5) is 27.7. The van der Waals surface area contributed by atoms with E-state index in [0.717, 1.165) is 17.4 Å². The number of carbonyl (C=O) groups excluding carboxylic acids is 2. The molecule has 4 rings (SSSR count). The molecule has 0 radical (unpaired) electrons. The molecular formula is C17H9F3N2O5S. The van der Waals surface area contributed by atoms with Crippen molar-refractivity contribution in [3.8, 4) is 11.5 Å².